The molecular weight excluding hydrogens is 198 g/mol. The second kappa shape index (κ2) is 3.74. The fourth-order valence-corrected chi connectivity index (χ4v) is 2.04. The van der Waals surface area contributed by atoms with Crippen LogP contribution in [-0.2, 0) is 0 Å². The van der Waals surface area contributed by atoms with Gasteiger partial charge in [-0.1, -0.05) is 0 Å². The summed E-state index contributed by atoms with van der Waals surface area (Å²) in [6.45, 7) is 0.995. The Labute approximate surface area is 95.9 Å². The molecular formula is C13H17N3. The van der Waals surface area contributed by atoms with Gasteiger partial charge in [-0.25, -0.2) is 0 Å². The average Bonchev–Trinajstić information content (AvgIpc) is 2.11. The minimum atomic E-state index is 0.636. The molecule has 0 unspecified atom stereocenters. The first kappa shape index (κ1) is 9.58. The first-order chi connectivity index (χ1) is 7.83. The van der Waals surface area contributed by atoms with Crippen molar-refractivity contribution in [2.75, 3.05) is 22.5 Å². The molecule has 3 nitrogen and oxygen atoms in total. The monoisotopic (exact) mass is 215 g/mol. The van der Waals surface area contributed by atoms with Crippen LogP contribution in [0.1, 0.15) is 19.3 Å². The van der Waals surface area contributed by atoms with Gasteiger partial charge in [0, 0.05) is 24.5 Å². The predicted molar refractivity (Wildman–Crippen MR) is 68.6 cm³/mol. The first-order valence-corrected chi connectivity index (χ1v) is 5.92. The lowest BCUT2D eigenvalue weighted by Gasteiger charge is -2.29. The number of nitrogen functional groups attached to an aromatic ring is 1. The third-order valence-corrected chi connectivity index (χ3v) is 3.42. The second-order valence-electron chi connectivity index (χ2n) is 4.58. The van der Waals surface area contributed by atoms with E-state index in [1.165, 1.54) is 24.9 Å². The summed E-state index contributed by atoms with van der Waals surface area (Å²) in [4.78, 5) is 2.18. The summed E-state index contributed by atoms with van der Waals surface area (Å²) in [6.07, 6.45) is 8.10. The number of anilines is 3. The maximum atomic E-state index is 6.05. The van der Waals surface area contributed by atoms with E-state index >= 15 is 0 Å². The lowest BCUT2D eigenvalue weighted by Crippen LogP contribution is -2.27. The van der Waals surface area contributed by atoms with Crippen LogP contribution in [0, 0.1) is 0 Å². The maximum absolute atomic E-state index is 6.05. The molecule has 1 aliphatic heterocycles. The Morgan fingerprint density at radius 1 is 1.31 bits per heavy atom. The molecule has 0 saturated heterocycles. The average molecular weight is 215 g/mol. The minimum absolute atomic E-state index is 0.636. The highest BCUT2D eigenvalue weighted by Crippen LogP contribution is 2.30. The number of rotatable bonds is 3. The molecule has 0 bridgehead atoms. The van der Waals surface area contributed by atoms with Crippen molar-refractivity contribution >= 4 is 17.1 Å². The molecule has 0 atom stereocenters. The summed E-state index contributed by atoms with van der Waals surface area (Å²) in [7, 11) is 0. The Hall–Kier alpha value is -1.64. The lowest BCUT2D eigenvalue weighted by molar-refractivity contribution is 0.446. The van der Waals surface area contributed by atoms with Gasteiger partial charge < -0.3 is 16.0 Å². The SMILES string of the molecule is Nc1cc(N2C=CC2)ccc1NC1CCC1. The van der Waals surface area contributed by atoms with Gasteiger partial charge in [0.1, 0.15) is 0 Å². The first-order valence-electron chi connectivity index (χ1n) is 5.92. The van der Waals surface area contributed by atoms with Crippen LogP contribution >= 0.6 is 0 Å². The molecule has 1 aliphatic carbocycles. The molecule has 1 heterocycles. The van der Waals surface area contributed by atoms with Gasteiger partial charge >= 0.3 is 0 Å². The Morgan fingerprint density at radius 3 is 2.62 bits per heavy atom. The summed E-state index contributed by atoms with van der Waals surface area (Å²) in [5.41, 5.74) is 9.16. The van der Waals surface area contributed by atoms with Crippen molar-refractivity contribution in [3.63, 3.8) is 0 Å². The Morgan fingerprint density at radius 2 is 2.12 bits per heavy atom. The van der Waals surface area contributed by atoms with Crippen molar-refractivity contribution in [2.24, 2.45) is 0 Å². The van der Waals surface area contributed by atoms with Crippen molar-refractivity contribution < 1.29 is 0 Å². The highest BCUT2D eigenvalue weighted by molar-refractivity contribution is 5.73. The number of benzene rings is 1. The summed E-state index contributed by atoms with van der Waals surface area (Å²) >= 11 is 0. The van der Waals surface area contributed by atoms with Crippen molar-refractivity contribution in [2.45, 2.75) is 25.3 Å². The molecule has 84 valence electrons. The van der Waals surface area contributed by atoms with Crippen molar-refractivity contribution in [1.29, 1.82) is 0 Å². The number of hydrogen-bond donors (Lipinski definition) is 2. The Balaban J connectivity index is 1.76. The predicted octanol–water partition coefficient (Wildman–Crippen LogP) is 2.57. The fourth-order valence-electron chi connectivity index (χ4n) is 2.04. The zero-order chi connectivity index (χ0) is 11.0. The van der Waals surface area contributed by atoms with Crippen molar-refractivity contribution in [3.8, 4) is 0 Å². The molecule has 0 amide bonds. The number of nitrogens with zero attached hydrogens (tertiary/aromatic N) is 1. The zero-order valence-corrected chi connectivity index (χ0v) is 9.32. The summed E-state index contributed by atoms with van der Waals surface area (Å²) in [6, 6.07) is 6.90. The number of nitrogens with one attached hydrogen (secondary N) is 1. The number of nitrogens with two attached hydrogens (primary N) is 1. The van der Waals surface area contributed by atoms with Crippen LogP contribution in [0.5, 0.6) is 0 Å². The molecule has 3 N–H and O–H groups in total. The van der Waals surface area contributed by atoms with Crippen LogP contribution in [0.3, 0.4) is 0 Å². The van der Waals surface area contributed by atoms with Gasteiger partial charge in [0.15, 0.2) is 0 Å². The van der Waals surface area contributed by atoms with Gasteiger partial charge in [-0.3, -0.25) is 0 Å². The highest BCUT2D eigenvalue weighted by atomic mass is 15.1. The third-order valence-electron chi connectivity index (χ3n) is 3.42. The molecule has 0 spiro atoms. The molecule has 1 aromatic carbocycles. The highest BCUT2D eigenvalue weighted by Gasteiger charge is 2.18. The van der Waals surface area contributed by atoms with Crippen LogP contribution in [0.15, 0.2) is 30.5 Å². The van der Waals surface area contributed by atoms with Crippen molar-refractivity contribution in [1.82, 2.24) is 0 Å². The van der Waals surface area contributed by atoms with E-state index in [1.54, 1.807) is 0 Å². The summed E-state index contributed by atoms with van der Waals surface area (Å²) in [5.74, 6) is 0. The topological polar surface area (TPSA) is 41.3 Å². The smallest absolute Gasteiger partial charge is 0.0577 e. The van der Waals surface area contributed by atoms with Crippen LogP contribution < -0.4 is 16.0 Å². The van der Waals surface area contributed by atoms with Gasteiger partial charge in [0.25, 0.3) is 0 Å². The van der Waals surface area contributed by atoms with E-state index in [4.69, 9.17) is 5.73 Å². The molecule has 16 heavy (non-hydrogen) atoms. The standard InChI is InChI=1S/C13H17N3/c14-12-9-11(16-7-2-8-16)5-6-13(12)15-10-3-1-4-10/h2,5-7,9-10,15H,1,3-4,8,14H2. The van der Waals surface area contributed by atoms with E-state index in [2.05, 4.69) is 34.6 Å². The van der Waals surface area contributed by atoms with Crippen LogP contribution in [0.2, 0.25) is 0 Å². The zero-order valence-electron chi connectivity index (χ0n) is 9.32. The maximum Gasteiger partial charge on any atom is 0.0577 e. The molecule has 1 fully saturated rings. The fraction of sp³-hybridized carbons (Fsp3) is 0.385. The van der Waals surface area contributed by atoms with Crippen LogP contribution in [0.25, 0.3) is 0 Å². The van der Waals surface area contributed by atoms with Gasteiger partial charge in [-0.05, 0) is 43.5 Å². The van der Waals surface area contributed by atoms with Crippen LogP contribution in [0.4, 0.5) is 17.1 Å². The molecule has 0 radical (unpaired) electrons. The molecule has 0 aromatic heterocycles. The molecule has 3 rings (SSSR count). The van der Waals surface area contributed by atoms with E-state index in [9.17, 15) is 0 Å². The molecule has 2 aliphatic rings. The second-order valence-corrected chi connectivity index (χ2v) is 4.58. The van der Waals surface area contributed by atoms with Gasteiger partial charge in [-0.2, -0.15) is 0 Å². The van der Waals surface area contributed by atoms with Gasteiger partial charge in [-0.15, -0.1) is 0 Å². The van der Waals surface area contributed by atoms with E-state index in [-0.39, 0.29) is 0 Å². The van der Waals surface area contributed by atoms with Crippen LogP contribution in [-0.4, -0.2) is 12.6 Å². The lowest BCUT2D eigenvalue weighted by atomic mass is 9.93. The van der Waals surface area contributed by atoms with Gasteiger partial charge in [0.2, 0.25) is 0 Å². The Bertz CT molecular complexity index is 421. The van der Waals surface area contributed by atoms with E-state index in [1.807, 2.05) is 6.07 Å². The number of hydrogen-bond acceptors (Lipinski definition) is 3. The summed E-state index contributed by atoms with van der Waals surface area (Å²) in [5, 5.41) is 3.49. The normalized spacial score (nSPS) is 19.1. The summed E-state index contributed by atoms with van der Waals surface area (Å²) < 4.78 is 0. The van der Waals surface area contributed by atoms with E-state index < -0.39 is 0 Å². The molecule has 3 heteroatoms. The molecule has 1 saturated carbocycles. The van der Waals surface area contributed by atoms with Gasteiger partial charge in [0.05, 0.1) is 11.4 Å². The van der Waals surface area contributed by atoms with Crippen molar-refractivity contribution in [3.05, 3.63) is 30.5 Å². The third kappa shape index (κ3) is 1.62. The van der Waals surface area contributed by atoms with E-state index in [0.29, 0.717) is 6.04 Å². The largest absolute Gasteiger partial charge is 0.397 e. The Kier molecular flexibility index (Phi) is 2.24. The quantitative estimate of drug-likeness (QED) is 0.761. The minimum Gasteiger partial charge on any atom is -0.397 e. The molecule has 1 aromatic rings. The van der Waals surface area contributed by atoms with E-state index in [0.717, 1.165) is 17.9 Å².